The Kier molecular flexibility index (Phi) is 3.06. The molecule has 1 atom stereocenters. The van der Waals surface area contributed by atoms with Crippen LogP contribution in [0.3, 0.4) is 0 Å². The Hall–Kier alpha value is -1.40. The maximum atomic E-state index is 5.94. The zero-order valence-electron chi connectivity index (χ0n) is 10.5. The SMILES string of the molecule is CC1(c2noc(-c3cc(Br)ccc3N)n2)CCCO1. The number of nitrogens with two attached hydrogens (primary N) is 1. The first kappa shape index (κ1) is 12.6. The van der Waals surface area contributed by atoms with Gasteiger partial charge in [-0.05, 0) is 38.0 Å². The van der Waals surface area contributed by atoms with Crippen molar-refractivity contribution in [2.75, 3.05) is 12.3 Å². The molecule has 19 heavy (non-hydrogen) atoms. The van der Waals surface area contributed by atoms with E-state index in [2.05, 4.69) is 26.1 Å². The molecule has 2 N–H and O–H groups in total. The summed E-state index contributed by atoms with van der Waals surface area (Å²) < 4.78 is 11.9. The largest absolute Gasteiger partial charge is 0.398 e. The lowest BCUT2D eigenvalue weighted by Gasteiger charge is -2.17. The fourth-order valence-electron chi connectivity index (χ4n) is 2.22. The van der Waals surface area contributed by atoms with Crippen LogP contribution in [-0.4, -0.2) is 16.7 Å². The first-order valence-corrected chi connectivity index (χ1v) is 6.91. The normalized spacial score (nSPS) is 22.8. The van der Waals surface area contributed by atoms with E-state index in [0.29, 0.717) is 17.4 Å². The van der Waals surface area contributed by atoms with Gasteiger partial charge in [-0.25, -0.2) is 0 Å². The van der Waals surface area contributed by atoms with Gasteiger partial charge in [0, 0.05) is 16.8 Å². The molecule has 0 aliphatic carbocycles. The number of nitrogen functional groups attached to an aromatic ring is 1. The summed E-state index contributed by atoms with van der Waals surface area (Å²) in [4.78, 5) is 4.43. The third kappa shape index (κ3) is 2.26. The number of hydrogen-bond acceptors (Lipinski definition) is 5. The number of aromatic nitrogens is 2. The third-order valence-electron chi connectivity index (χ3n) is 3.36. The summed E-state index contributed by atoms with van der Waals surface area (Å²) in [5, 5.41) is 4.04. The van der Waals surface area contributed by atoms with Crippen LogP contribution in [0.1, 0.15) is 25.6 Å². The molecule has 1 aliphatic rings. The van der Waals surface area contributed by atoms with Gasteiger partial charge >= 0.3 is 0 Å². The van der Waals surface area contributed by atoms with E-state index in [9.17, 15) is 0 Å². The number of halogens is 1. The second-order valence-electron chi connectivity index (χ2n) is 4.84. The molecule has 0 spiro atoms. The first-order valence-electron chi connectivity index (χ1n) is 6.12. The van der Waals surface area contributed by atoms with Crippen molar-refractivity contribution < 1.29 is 9.26 Å². The molecule has 1 unspecified atom stereocenters. The van der Waals surface area contributed by atoms with Crippen LogP contribution in [0.2, 0.25) is 0 Å². The molecule has 3 rings (SSSR count). The van der Waals surface area contributed by atoms with Crippen molar-refractivity contribution in [3.05, 3.63) is 28.5 Å². The highest BCUT2D eigenvalue weighted by Crippen LogP contribution is 2.35. The summed E-state index contributed by atoms with van der Waals surface area (Å²) in [5.41, 5.74) is 6.83. The molecule has 1 saturated heterocycles. The lowest BCUT2D eigenvalue weighted by Crippen LogP contribution is -2.21. The van der Waals surface area contributed by atoms with E-state index in [-0.39, 0.29) is 0 Å². The Morgan fingerprint density at radius 1 is 1.42 bits per heavy atom. The molecule has 2 aromatic rings. The fraction of sp³-hybridized carbons (Fsp3) is 0.385. The molecule has 0 amide bonds. The maximum Gasteiger partial charge on any atom is 0.260 e. The van der Waals surface area contributed by atoms with E-state index < -0.39 is 5.60 Å². The first-order chi connectivity index (χ1) is 9.08. The Bertz CT molecular complexity index is 606. The molecule has 0 saturated carbocycles. The van der Waals surface area contributed by atoms with Gasteiger partial charge in [0.25, 0.3) is 5.89 Å². The minimum absolute atomic E-state index is 0.422. The van der Waals surface area contributed by atoms with Gasteiger partial charge in [0.15, 0.2) is 0 Å². The molecule has 0 radical (unpaired) electrons. The minimum atomic E-state index is -0.442. The summed E-state index contributed by atoms with van der Waals surface area (Å²) >= 11 is 3.41. The van der Waals surface area contributed by atoms with Gasteiger partial charge in [0.1, 0.15) is 5.60 Å². The number of hydrogen-bond donors (Lipinski definition) is 1. The molecule has 6 heteroatoms. The highest BCUT2D eigenvalue weighted by atomic mass is 79.9. The molecule has 1 aliphatic heterocycles. The van der Waals surface area contributed by atoms with Gasteiger partial charge in [0.2, 0.25) is 5.82 Å². The Morgan fingerprint density at radius 2 is 2.26 bits per heavy atom. The Balaban J connectivity index is 1.99. The van der Waals surface area contributed by atoms with E-state index in [4.69, 9.17) is 15.0 Å². The summed E-state index contributed by atoms with van der Waals surface area (Å²) in [5.74, 6) is 1.00. The van der Waals surface area contributed by atoms with Crippen LogP contribution in [0.4, 0.5) is 5.69 Å². The van der Waals surface area contributed by atoms with Crippen LogP contribution in [0.5, 0.6) is 0 Å². The molecule has 0 bridgehead atoms. The van der Waals surface area contributed by atoms with E-state index >= 15 is 0 Å². The van der Waals surface area contributed by atoms with Gasteiger partial charge in [-0.15, -0.1) is 0 Å². The molecular weight excluding hydrogens is 310 g/mol. The Labute approximate surface area is 119 Å². The molecule has 1 aromatic heterocycles. The molecule has 1 fully saturated rings. The monoisotopic (exact) mass is 323 g/mol. The van der Waals surface area contributed by atoms with Crippen molar-refractivity contribution in [3.8, 4) is 11.5 Å². The smallest absolute Gasteiger partial charge is 0.260 e. The summed E-state index contributed by atoms with van der Waals surface area (Å²) in [6, 6.07) is 5.54. The number of benzene rings is 1. The zero-order chi connectivity index (χ0) is 13.5. The van der Waals surface area contributed by atoms with Gasteiger partial charge in [-0.3, -0.25) is 0 Å². The van der Waals surface area contributed by atoms with Gasteiger partial charge < -0.3 is 15.0 Å². The van der Waals surface area contributed by atoms with Crippen LogP contribution in [0.15, 0.2) is 27.2 Å². The van der Waals surface area contributed by atoms with Gasteiger partial charge in [0.05, 0.1) is 5.56 Å². The summed E-state index contributed by atoms with van der Waals surface area (Å²) in [7, 11) is 0. The standard InChI is InChI=1S/C13H14BrN3O2/c1-13(5-2-6-18-13)12-16-11(19-17-12)9-7-8(14)3-4-10(9)15/h3-4,7H,2,5-6,15H2,1H3. The van der Waals surface area contributed by atoms with Crippen molar-refractivity contribution in [2.24, 2.45) is 0 Å². The molecule has 2 heterocycles. The highest BCUT2D eigenvalue weighted by Gasteiger charge is 2.36. The van der Waals surface area contributed by atoms with Crippen LogP contribution in [0, 0.1) is 0 Å². The maximum absolute atomic E-state index is 5.94. The van der Waals surface area contributed by atoms with Crippen LogP contribution >= 0.6 is 15.9 Å². The third-order valence-corrected chi connectivity index (χ3v) is 3.86. The zero-order valence-corrected chi connectivity index (χ0v) is 12.1. The van der Waals surface area contributed by atoms with Gasteiger partial charge in [-0.1, -0.05) is 21.1 Å². The lowest BCUT2D eigenvalue weighted by molar-refractivity contribution is 0.00768. The number of rotatable bonds is 2. The summed E-state index contributed by atoms with van der Waals surface area (Å²) in [6.45, 7) is 2.72. The second-order valence-corrected chi connectivity index (χ2v) is 5.75. The number of anilines is 1. The van der Waals surface area contributed by atoms with Gasteiger partial charge in [-0.2, -0.15) is 4.98 Å². The average molecular weight is 324 g/mol. The van der Waals surface area contributed by atoms with Crippen molar-refractivity contribution in [1.82, 2.24) is 10.1 Å². The predicted molar refractivity (Wildman–Crippen MR) is 74.4 cm³/mol. The van der Waals surface area contributed by atoms with Crippen LogP contribution in [0.25, 0.3) is 11.5 Å². The fourth-order valence-corrected chi connectivity index (χ4v) is 2.58. The molecule has 100 valence electrons. The van der Waals surface area contributed by atoms with Crippen molar-refractivity contribution >= 4 is 21.6 Å². The highest BCUT2D eigenvalue weighted by molar-refractivity contribution is 9.10. The van der Waals surface area contributed by atoms with Crippen LogP contribution < -0.4 is 5.73 Å². The number of nitrogens with zero attached hydrogens (tertiary/aromatic N) is 2. The van der Waals surface area contributed by atoms with Crippen molar-refractivity contribution in [3.63, 3.8) is 0 Å². The van der Waals surface area contributed by atoms with E-state index in [1.165, 1.54) is 0 Å². The van der Waals surface area contributed by atoms with Crippen molar-refractivity contribution in [1.29, 1.82) is 0 Å². The van der Waals surface area contributed by atoms with E-state index in [1.54, 1.807) is 6.07 Å². The quantitative estimate of drug-likeness (QED) is 0.859. The second kappa shape index (κ2) is 4.61. The van der Waals surface area contributed by atoms with E-state index in [0.717, 1.165) is 29.5 Å². The topological polar surface area (TPSA) is 74.2 Å². The molecule has 5 nitrogen and oxygen atoms in total. The van der Waals surface area contributed by atoms with Crippen LogP contribution in [-0.2, 0) is 10.3 Å². The minimum Gasteiger partial charge on any atom is -0.398 e. The van der Waals surface area contributed by atoms with Crippen molar-refractivity contribution in [2.45, 2.75) is 25.4 Å². The molecule has 1 aromatic carbocycles. The lowest BCUT2D eigenvalue weighted by atomic mass is 10.0. The number of ether oxygens (including phenoxy) is 1. The predicted octanol–water partition coefficient (Wildman–Crippen LogP) is 3.11. The summed E-state index contributed by atoms with van der Waals surface area (Å²) in [6.07, 6.45) is 1.92. The Morgan fingerprint density at radius 3 is 3.00 bits per heavy atom. The average Bonchev–Trinajstić information content (AvgIpc) is 3.02. The van der Waals surface area contributed by atoms with E-state index in [1.807, 2.05) is 19.1 Å². The molecular formula is C13H14BrN3O2.